The first-order valence-electron chi connectivity index (χ1n) is 7.65. The van der Waals surface area contributed by atoms with E-state index in [4.69, 9.17) is 4.74 Å². The zero-order valence-electron chi connectivity index (χ0n) is 13.2. The van der Waals surface area contributed by atoms with Gasteiger partial charge in [0.25, 0.3) is 0 Å². The normalized spacial score (nSPS) is 19.9. The first-order chi connectivity index (χ1) is 11.8. The molecule has 0 aliphatic carbocycles. The van der Waals surface area contributed by atoms with E-state index in [-0.39, 0.29) is 24.5 Å². The van der Waals surface area contributed by atoms with Crippen molar-refractivity contribution in [3.05, 3.63) is 47.4 Å². The number of anilines is 1. The molecule has 2 atom stereocenters. The van der Waals surface area contributed by atoms with Crippen LogP contribution in [0.4, 0.5) is 23.4 Å². The van der Waals surface area contributed by atoms with Crippen LogP contribution in [0.15, 0.2) is 30.3 Å². The van der Waals surface area contributed by atoms with Crippen LogP contribution < -0.4 is 5.32 Å². The van der Waals surface area contributed by atoms with Crippen LogP contribution in [0.5, 0.6) is 0 Å². The Morgan fingerprint density at radius 2 is 2.04 bits per heavy atom. The number of aromatic nitrogens is 2. The maximum Gasteiger partial charge on any atom is 0.410 e. The van der Waals surface area contributed by atoms with Gasteiger partial charge in [0.1, 0.15) is 11.6 Å². The van der Waals surface area contributed by atoms with E-state index >= 15 is 0 Å². The molecule has 0 spiro atoms. The second-order valence-corrected chi connectivity index (χ2v) is 5.62. The number of nitrogens with one attached hydrogen (secondary N) is 1. The molecule has 1 aliphatic rings. The molecule has 0 saturated carbocycles. The summed E-state index contributed by atoms with van der Waals surface area (Å²) < 4.78 is 59.0. The number of carbonyl (C=O) groups excluding carboxylic acids is 1. The van der Waals surface area contributed by atoms with Crippen molar-refractivity contribution < 1.29 is 27.1 Å². The quantitative estimate of drug-likeness (QED) is 0.670. The summed E-state index contributed by atoms with van der Waals surface area (Å²) in [6, 6.07) is 3.88. The standard InChI is InChI=1S/C16H15F4N3O2/c1-2-25-15(24)12-8-14-21-11(9-3-5-10(17)6-4-9)7-13(16(18,19)20)23(14)22-12/h3-6,8,11,13,21H,2,7H2,1H3/t11-,13-/m1/s1. The van der Waals surface area contributed by atoms with Crippen LogP contribution in [0, 0.1) is 5.82 Å². The zero-order valence-corrected chi connectivity index (χ0v) is 13.2. The number of hydrogen-bond donors (Lipinski definition) is 1. The van der Waals surface area contributed by atoms with Crippen LogP contribution in [-0.4, -0.2) is 28.5 Å². The van der Waals surface area contributed by atoms with E-state index in [2.05, 4.69) is 10.4 Å². The molecule has 25 heavy (non-hydrogen) atoms. The van der Waals surface area contributed by atoms with Gasteiger partial charge in [-0.15, -0.1) is 0 Å². The third-order valence-electron chi connectivity index (χ3n) is 3.95. The average molecular weight is 357 g/mol. The predicted molar refractivity (Wildman–Crippen MR) is 80.7 cm³/mol. The average Bonchev–Trinajstić information content (AvgIpc) is 2.98. The summed E-state index contributed by atoms with van der Waals surface area (Å²) in [7, 11) is 0. The van der Waals surface area contributed by atoms with Crippen molar-refractivity contribution in [3.8, 4) is 0 Å². The smallest absolute Gasteiger partial charge is 0.410 e. The van der Waals surface area contributed by atoms with Crippen molar-refractivity contribution in [2.45, 2.75) is 31.6 Å². The molecule has 1 aromatic carbocycles. The lowest BCUT2D eigenvalue weighted by Gasteiger charge is -2.33. The fourth-order valence-corrected chi connectivity index (χ4v) is 2.79. The maximum atomic E-state index is 13.5. The molecule has 3 rings (SSSR count). The third kappa shape index (κ3) is 3.45. The molecular weight excluding hydrogens is 342 g/mol. The van der Waals surface area contributed by atoms with Crippen LogP contribution in [0.3, 0.4) is 0 Å². The number of nitrogens with zero attached hydrogens (tertiary/aromatic N) is 2. The number of rotatable bonds is 3. The fraction of sp³-hybridized carbons (Fsp3) is 0.375. The summed E-state index contributed by atoms with van der Waals surface area (Å²) >= 11 is 0. The molecule has 5 nitrogen and oxygen atoms in total. The van der Waals surface area contributed by atoms with Gasteiger partial charge in [0.15, 0.2) is 11.7 Å². The molecule has 1 N–H and O–H groups in total. The second kappa shape index (κ2) is 6.38. The molecule has 0 fully saturated rings. The molecule has 2 aromatic rings. The number of esters is 1. The molecule has 134 valence electrons. The first kappa shape index (κ1) is 17.2. The minimum absolute atomic E-state index is 0.0611. The molecule has 9 heteroatoms. The monoisotopic (exact) mass is 357 g/mol. The van der Waals surface area contributed by atoms with Crippen LogP contribution >= 0.6 is 0 Å². The first-order valence-corrected chi connectivity index (χ1v) is 7.65. The van der Waals surface area contributed by atoms with Gasteiger partial charge in [0.05, 0.1) is 12.6 Å². The fourth-order valence-electron chi connectivity index (χ4n) is 2.79. The number of ether oxygens (including phenoxy) is 1. The Morgan fingerprint density at radius 3 is 2.64 bits per heavy atom. The number of hydrogen-bond acceptors (Lipinski definition) is 4. The lowest BCUT2D eigenvalue weighted by atomic mass is 9.97. The number of benzene rings is 1. The van der Waals surface area contributed by atoms with E-state index < -0.39 is 30.0 Å². The Bertz CT molecular complexity index is 771. The summed E-state index contributed by atoms with van der Waals surface area (Å²) in [6.45, 7) is 1.69. The summed E-state index contributed by atoms with van der Waals surface area (Å²) in [6.07, 6.45) is -4.88. The van der Waals surface area contributed by atoms with Crippen LogP contribution in [0.25, 0.3) is 0 Å². The molecular formula is C16H15F4N3O2. The van der Waals surface area contributed by atoms with Gasteiger partial charge in [-0.25, -0.2) is 13.9 Å². The zero-order chi connectivity index (χ0) is 18.2. The number of carbonyl (C=O) groups is 1. The summed E-state index contributed by atoms with van der Waals surface area (Å²) in [5.41, 5.74) is 0.319. The van der Waals surface area contributed by atoms with Gasteiger partial charge in [-0.3, -0.25) is 0 Å². The third-order valence-corrected chi connectivity index (χ3v) is 3.95. The van der Waals surface area contributed by atoms with Crippen molar-refractivity contribution in [1.29, 1.82) is 0 Å². The summed E-state index contributed by atoms with van der Waals surface area (Å²) in [5, 5.41) is 6.68. The van der Waals surface area contributed by atoms with Crippen LogP contribution in [0.1, 0.15) is 41.5 Å². The molecule has 0 bridgehead atoms. The Hall–Kier alpha value is -2.58. The minimum Gasteiger partial charge on any atom is -0.461 e. The van der Waals surface area contributed by atoms with Crippen molar-refractivity contribution >= 4 is 11.8 Å². The van der Waals surface area contributed by atoms with Crippen LogP contribution in [-0.2, 0) is 4.74 Å². The highest BCUT2D eigenvalue weighted by Gasteiger charge is 2.46. The predicted octanol–water partition coefficient (Wildman–Crippen LogP) is 3.86. The largest absolute Gasteiger partial charge is 0.461 e. The minimum atomic E-state index is -4.55. The van der Waals surface area contributed by atoms with Crippen LogP contribution in [0.2, 0.25) is 0 Å². The van der Waals surface area contributed by atoms with E-state index in [1.54, 1.807) is 6.92 Å². The van der Waals surface area contributed by atoms with Crippen molar-refractivity contribution in [2.75, 3.05) is 11.9 Å². The Balaban J connectivity index is 1.97. The molecule has 1 aliphatic heterocycles. The van der Waals surface area contributed by atoms with Gasteiger partial charge in [-0.2, -0.15) is 18.3 Å². The molecule has 0 amide bonds. The van der Waals surface area contributed by atoms with Crippen molar-refractivity contribution in [1.82, 2.24) is 9.78 Å². The summed E-state index contributed by atoms with van der Waals surface area (Å²) in [4.78, 5) is 11.8. The highest BCUT2D eigenvalue weighted by Crippen LogP contribution is 2.43. The van der Waals surface area contributed by atoms with Gasteiger partial charge in [-0.05, 0) is 24.6 Å². The van der Waals surface area contributed by atoms with Gasteiger partial charge in [-0.1, -0.05) is 12.1 Å². The van der Waals surface area contributed by atoms with Gasteiger partial charge in [0, 0.05) is 12.5 Å². The number of halogens is 4. The van der Waals surface area contributed by atoms with Gasteiger partial charge >= 0.3 is 12.1 Å². The topological polar surface area (TPSA) is 56.2 Å². The van der Waals surface area contributed by atoms with Gasteiger partial charge < -0.3 is 10.1 Å². The second-order valence-electron chi connectivity index (χ2n) is 5.62. The maximum absolute atomic E-state index is 13.5. The number of fused-ring (bicyclic) bond motifs is 1. The highest BCUT2D eigenvalue weighted by molar-refractivity contribution is 5.88. The SMILES string of the molecule is CCOC(=O)c1cc2n(n1)[C@@H](C(F)(F)F)C[C@H](c1ccc(F)cc1)N2. The summed E-state index contributed by atoms with van der Waals surface area (Å²) in [5.74, 6) is -1.20. The molecule has 1 aromatic heterocycles. The number of alkyl halides is 3. The van der Waals surface area contributed by atoms with Gasteiger partial charge in [0.2, 0.25) is 0 Å². The van der Waals surface area contributed by atoms with Crippen molar-refractivity contribution in [3.63, 3.8) is 0 Å². The molecule has 0 unspecified atom stereocenters. The van der Waals surface area contributed by atoms with E-state index in [1.165, 1.54) is 30.3 Å². The van der Waals surface area contributed by atoms with E-state index in [0.717, 1.165) is 4.68 Å². The lowest BCUT2D eigenvalue weighted by molar-refractivity contribution is -0.173. The molecule has 0 radical (unpaired) electrons. The Morgan fingerprint density at radius 1 is 1.36 bits per heavy atom. The van der Waals surface area contributed by atoms with E-state index in [0.29, 0.717) is 5.56 Å². The lowest BCUT2D eigenvalue weighted by Crippen LogP contribution is -2.35. The Labute approximate surface area is 140 Å². The molecule has 0 saturated heterocycles. The van der Waals surface area contributed by atoms with Crippen molar-refractivity contribution in [2.24, 2.45) is 0 Å². The highest BCUT2D eigenvalue weighted by atomic mass is 19.4. The Kier molecular flexibility index (Phi) is 4.40. The van der Waals surface area contributed by atoms with E-state index in [9.17, 15) is 22.4 Å². The van der Waals surface area contributed by atoms with E-state index in [1.807, 2.05) is 0 Å². The molecule has 2 heterocycles.